The fourth-order valence-electron chi connectivity index (χ4n) is 1.55. The molecule has 4 nitrogen and oxygen atoms in total. The highest BCUT2D eigenvalue weighted by molar-refractivity contribution is 9.10. The fraction of sp³-hybridized carbons (Fsp3) is 0.200. The molecule has 0 aliphatic heterocycles. The Morgan fingerprint density at radius 1 is 1.60 bits per heavy atom. The maximum Gasteiger partial charge on any atom is 0.307 e. The molecular weight excluding hydrogens is 260 g/mol. The normalized spacial score (nSPS) is 10.8. The minimum absolute atomic E-state index is 0.000787. The Hall–Kier alpha value is -1.36. The summed E-state index contributed by atoms with van der Waals surface area (Å²) in [5.74, 6) is -0.843. The Morgan fingerprint density at radius 2 is 2.33 bits per heavy atom. The van der Waals surface area contributed by atoms with E-state index >= 15 is 0 Å². The number of halogens is 1. The molecule has 0 amide bonds. The lowest BCUT2D eigenvalue weighted by molar-refractivity contribution is -0.136. The number of aliphatic carboxylic acids is 1. The van der Waals surface area contributed by atoms with Crippen molar-refractivity contribution in [1.82, 2.24) is 9.78 Å². The van der Waals surface area contributed by atoms with Crippen LogP contribution in [-0.2, 0) is 18.3 Å². The molecule has 0 atom stereocenters. The first-order chi connectivity index (χ1) is 7.09. The molecule has 0 aliphatic carbocycles. The van der Waals surface area contributed by atoms with Gasteiger partial charge in [-0.15, -0.1) is 0 Å². The zero-order valence-corrected chi connectivity index (χ0v) is 9.65. The Bertz CT molecular complexity index is 533. The van der Waals surface area contributed by atoms with Gasteiger partial charge in [-0.25, -0.2) is 0 Å². The van der Waals surface area contributed by atoms with Gasteiger partial charge in [-0.3, -0.25) is 9.48 Å². The summed E-state index contributed by atoms with van der Waals surface area (Å²) < 4.78 is 2.56. The van der Waals surface area contributed by atoms with E-state index in [1.165, 1.54) is 0 Å². The van der Waals surface area contributed by atoms with Crippen LogP contribution in [-0.4, -0.2) is 20.9 Å². The number of hydrogen-bond acceptors (Lipinski definition) is 2. The molecule has 0 unspecified atom stereocenters. The second-order valence-electron chi connectivity index (χ2n) is 3.30. The van der Waals surface area contributed by atoms with Gasteiger partial charge in [0.05, 0.1) is 11.9 Å². The number of carbonyl (C=O) groups is 1. The van der Waals surface area contributed by atoms with Crippen LogP contribution < -0.4 is 0 Å². The number of benzene rings is 1. The van der Waals surface area contributed by atoms with Gasteiger partial charge in [-0.1, -0.05) is 18.2 Å². The molecule has 5 heteroatoms. The van der Waals surface area contributed by atoms with E-state index in [1.807, 2.05) is 19.2 Å². The predicted octanol–water partition coefficient (Wildman–Crippen LogP) is 1.96. The van der Waals surface area contributed by atoms with Crippen molar-refractivity contribution in [3.63, 3.8) is 0 Å². The first kappa shape index (κ1) is 10.2. The average Bonchev–Trinajstić information content (AvgIpc) is 2.45. The summed E-state index contributed by atoms with van der Waals surface area (Å²) in [6.45, 7) is 0. The monoisotopic (exact) mass is 268 g/mol. The predicted molar refractivity (Wildman–Crippen MR) is 59.8 cm³/mol. The van der Waals surface area contributed by atoms with E-state index in [1.54, 1.807) is 10.7 Å². The van der Waals surface area contributed by atoms with Crippen LogP contribution in [0.25, 0.3) is 10.9 Å². The number of fused-ring (bicyclic) bond motifs is 1. The van der Waals surface area contributed by atoms with Crippen LogP contribution in [0.15, 0.2) is 22.8 Å². The van der Waals surface area contributed by atoms with Crippen molar-refractivity contribution >= 4 is 32.8 Å². The smallest absolute Gasteiger partial charge is 0.307 e. The van der Waals surface area contributed by atoms with E-state index in [-0.39, 0.29) is 6.42 Å². The lowest BCUT2D eigenvalue weighted by Gasteiger charge is -1.97. The first-order valence-electron chi connectivity index (χ1n) is 4.41. The summed E-state index contributed by atoms with van der Waals surface area (Å²) in [4.78, 5) is 10.7. The van der Waals surface area contributed by atoms with Crippen LogP contribution in [0.2, 0.25) is 0 Å². The SMILES string of the molecule is Cn1nc2c(CC(=O)O)cccc2c1Br. The highest BCUT2D eigenvalue weighted by Gasteiger charge is 2.11. The average molecular weight is 269 g/mol. The van der Waals surface area contributed by atoms with Crippen molar-refractivity contribution in [1.29, 1.82) is 0 Å². The fourth-order valence-corrected chi connectivity index (χ4v) is 1.95. The van der Waals surface area contributed by atoms with Crippen molar-refractivity contribution < 1.29 is 9.90 Å². The largest absolute Gasteiger partial charge is 0.481 e. The third-order valence-electron chi connectivity index (χ3n) is 2.22. The van der Waals surface area contributed by atoms with Gasteiger partial charge in [-0.2, -0.15) is 5.10 Å². The molecule has 0 saturated carbocycles. The molecule has 0 fully saturated rings. The third-order valence-corrected chi connectivity index (χ3v) is 3.16. The summed E-state index contributed by atoms with van der Waals surface area (Å²) >= 11 is 3.40. The Morgan fingerprint density at radius 3 is 3.00 bits per heavy atom. The number of aryl methyl sites for hydroxylation is 1. The Labute approximate surface area is 94.6 Å². The zero-order chi connectivity index (χ0) is 11.0. The number of nitrogens with zero attached hydrogens (tertiary/aromatic N) is 2. The van der Waals surface area contributed by atoms with Crippen LogP contribution in [0.3, 0.4) is 0 Å². The van der Waals surface area contributed by atoms with E-state index in [0.29, 0.717) is 0 Å². The summed E-state index contributed by atoms with van der Waals surface area (Å²) in [5.41, 5.74) is 1.48. The minimum atomic E-state index is -0.843. The van der Waals surface area contributed by atoms with Crippen LogP contribution in [0, 0.1) is 0 Å². The van der Waals surface area contributed by atoms with E-state index in [0.717, 1.165) is 21.1 Å². The van der Waals surface area contributed by atoms with Crippen LogP contribution in [0.4, 0.5) is 0 Å². The zero-order valence-electron chi connectivity index (χ0n) is 8.07. The molecule has 0 aliphatic rings. The number of rotatable bonds is 2. The molecule has 1 aromatic carbocycles. The van der Waals surface area contributed by atoms with Gasteiger partial charge in [0, 0.05) is 12.4 Å². The van der Waals surface area contributed by atoms with Gasteiger partial charge in [0.15, 0.2) is 0 Å². The summed E-state index contributed by atoms with van der Waals surface area (Å²) in [5, 5.41) is 14.0. The molecular formula is C10H9BrN2O2. The molecule has 2 rings (SSSR count). The number of carboxylic acid groups (broad SMARTS) is 1. The number of carboxylic acids is 1. The molecule has 0 spiro atoms. The molecule has 1 aromatic heterocycles. The molecule has 0 saturated heterocycles. The molecule has 1 heterocycles. The summed E-state index contributed by atoms with van der Waals surface area (Å²) in [6.07, 6.45) is 0.000787. The lowest BCUT2D eigenvalue weighted by atomic mass is 10.1. The van der Waals surface area contributed by atoms with Gasteiger partial charge < -0.3 is 5.11 Å². The first-order valence-corrected chi connectivity index (χ1v) is 5.21. The maximum atomic E-state index is 10.7. The summed E-state index contributed by atoms with van der Waals surface area (Å²) in [6, 6.07) is 5.54. The number of aromatic nitrogens is 2. The maximum absolute atomic E-state index is 10.7. The summed E-state index contributed by atoms with van der Waals surface area (Å²) in [7, 11) is 1.81. The number of hydrogen-bond donors (Lipinski definition) is 1. The Kier molecular flexibility index (Phi) is 2.48. The van der Waals surface area contributed by atoms with Gasteiger partial charge in [0.1, 0.15) is 4.60 Å². The third kappa shape index (κ3) is 1.74. The van der Waals surface area contributed by atoms with E-state index in [9.17, 15) is 4.79 Å². The minimum Gasteiger partial charge on any atom is -0.481 e. The van der Waals surface area contributed by atoms with Crippen molar-refractivity contribution in [2.45, 2.75) is 6.42 Å². The van der Waals surface area contributed by atoms with Gasteiger partial charge in [0.2, 0.25) is 0 Å². The van der Waals surface area contributed by atoms with Gasteiger partial charge in [-0.05, 0) is 21.5 Å². The van der Waals surface area contributed by atoms with E-state index in [2.05, 4.69) is 21.0 Å². The lowest BCUT2D eigenvalue weighted by Crippen LogP contribution is -2.00. The highest BCUT2D eigenvalue weighted by Crippen LogP contribution is 2.25. The molecule has 0 bridgehead atoms. The molecule has 0 radical (unpaired) electrons. The van der Waals surface area contributed by atoms with Crippen molar-refractivity contribution in [2.24, 2.45) is 7.05 Å². The van der Waals surface area contributed by atoms with Gasteiger partial charge in [0.25, 0.3) is 0 Å². The van der Waals surface area contributed by atoms with Crippen LogP contribution >= 0.6 is 15.9 Å². The highest BCUT2D eigenvalue weighted by atomic mass is 79.9. The van der Waals surface area contributed by atoms with Crippen LogP contribution in [0.1, 0.15) is 5.56 Å². The molecule has 1 N–H and O–H groups in total. The second-order valence-corrected chi connectivity index (χ2v) is 4.05. The van der Waals surface area contributed by atoms with E-state index in [4.69, 9.17) is 5.11 Å². The van der Waals surface area contributed by atoms with Gasteiger partial charge >= 0.3 is 5.97 Å². The topological polar surface area (TPSA) is 55.1 Å². The molecule has 15 heavy (non-hydrogen) atoms. The van der Waals surface area contributed by atoms with Crippen molar-refractivity contribution in [3.8, 4) is 0 Å². The second kappa shape index (κ2) is 3.66. The molecule has 78 valence electrons. The standard InChI is InChI=1S/C10H9BrN2O2/c1-13-10(11)7-4-2-3-6(5-8(14)15)9(7)12-13/h2-4H,5H2,1H3,(H,14,15). The Balaban J connectivity index is 2.65. The van der Waals surface area contributed by atoms with Crippen molar-refractivity contribution in [2.75, 3.05) is 0 Å². The van der Waals surface area contributed by atoms with Crippen LogP contribution in [0.5, 0.6) is 0 Å². The van der Waals surface area contributed by atoms with Crippen molar-refractivity contribution in [3.05, 3.63) is 28.4 Å². The van der Waals surface area contributed by atoms with E-state index < -0.39 is 5.97 Å². The molecule has 2 aromatic rings. The quantitative estimate of drug-likeness (QED) is 0.906.